The van der Waals surface area contributed by atoms with Gasteiger partial charge in [0.25, 0.3) is 0 Å². The molecular formula is C13H27NO. The zero-order valence-electron chi connectivity index (χ0n) is 10.8. The fourth-order valence-electron chi connectivity index (χ4n) is 2.23. The van der Waals surface area contributed by atoms with E-state index < -0.39 is 0 Å². The van der Waals surface area contributed by atoms with E-state index in [2.05, 4.69) is 39.6 Å². The van der Waals surface area contributed by atoms with Crippen LogP contribution in [0.15, 0.2) is 12.7 Å². The van der Waals surface area contributed by atoms with Crippen molar-refractivity contribution in [3.8, 4) is 0 Å². The molecule has 1 N–H and O–H groups in total. The largest absolute Gasteiger partial charge is 0.374 e. The fourth-order valence-corrected chi connectivity index (χ4v) is 2.23. The first kappa shape index (κ1) is 14.7. The minimum Gasteiger partial charge on any atom is -0.374 e. The Morgan fingerprint density at radius 3 is 2.20 bits per heavy atom. The van der Waals surface area contributed by atoms with E-state index in [0.717, 1.165) is 32.4 Å². The minimum atomic E-state index is -0.0288. The first-order valence-corrected chi connectivity index (χ1v) is 6.18. The summed E-state index contributed by atoms with van der Waals surface area (Å²) in [5.41, 5.74) is -0.0288. The third-order valence-electron chi connectivity index (χ3n) is 3.12. The molecule has 0 radical (unpaired) electrons. The van der Waals surface area contributed by atoms with Crippen molar-refractivity contribution in [2.45, 2.75) is 58.6 Å². The van der Waals surface area contributed by atoms with E-state index in [1.165, 1.54) is 0 Å². The van der Waals surface area contributed by atoms with Gasteiger partial charge in [0.2, 0.25) is 0 Å². The predicted octanol–water partition coefficient (Wildman–Crippen LogP) is 3.14. The molecule has 0 heterocycles. The van der Waals surface area contributed by atoms with Gasteiger partial charge in [-0.2, -0.15) is 0 Å². The number of rotatable bonds is 9. The standard InChI is InChI=1S/C13H27NO/c1-6-11-12(14-9-4)13(7-2,8-3)15-10-5/h6,12,14H,1,7-11H2,2-5H3. The van der Waals surface area contributed by atoms with E-state index in [9.17, 15) is 0 Å². The average molecular weight is 213 g/mol. The molecule has 0 rings (SSSR count). The van der Waals surface area contributed by atoms with Gasteiger partial charge in [0.05, 0.1) is 5.60 Å². The van der Waals surface area contributed by atoms with Gasteiger partial charge in [-0.25, -0.2) is 0 Å². The highest BCUT2D eigenvalue weighted by atomic mass is 16.5. The summed E-state index contributed by atoms with van der Waals surface area (Å²) in [6.45, 7) is 14.2. The van der Waals surface area contributed by atoms with E-state index in [0.29, 0.717) is 6.04 Å². The molecule has 0 fully saturated rings. The topological polar surface area (TPSA) is 21.3 Å². The SMILES string of the molecule is C=CCC(NCC)C(CC)(CC)OCC. The van der Waals surface area contributed by atoms with E-state index in [4.69, 9.17) is 4.74 Å². The second-order valence-corrected chi connectivity index (χ2v) is 3.84. The lowest BCUT2D eigenvalue weighted by molar-refractivity contribution is -0.0709. The summed E-state index contributed by atoms with van der Waals surface area (Å²) in [6, 6.07) is 0.384. The van der Waals surface area contributed by atoms with Gasteiger partial charge >= 0.3 is 0 Å². The third kappa shape index (κ3) is 3.96. The highest BCUT2D eigenvalue weighted by Crippen LogP contribution is 2.27. The van der Waals surface area contributed by atoms with Gasteiger partial charge in [-0.1, -0.05) is 26.8 Å². The molecule has 0 saturated carbocycles. The minimum absolute atomic E-state index is 0.0288. The van der Waals surface area contributed by atoms with Crippen LogP contribution in [0.25, 0.3) is 0 Å². The molecular weight excluding hydrogens is 186 g/mol. The molecule has 0 bridgehead atoms. The Morgan fingerprint density at radius 1 is 1.27 bits per heavy atom. The van der Waals surface area contributed by atoms with Gasteiger partial charge in [0.1, 0.15) is 0 Å². The van der Waals surface area contributed by atoms with Gasteiger partial charge in [-0.15, -0.1) is 6.58 Å². The Labute approximate surface area is 95.1 Å². The Hall–Kier alpha value is -0.340. The molecule has 1 unspecified atom stereocenters. The van der Waals surface area contributed by atoms with Crippen molar-refractivity contribution >= 4 is 0 Å². The molecule has 0 aliphatic rings. The lowest BCUT2D eigenvalue weighted by Crippen LogP contribution is -2.51. The summed E-state index contributed by atoms with van der Waals surface area (Å²) < 4.78 is 5.98. The van der Waals surface area contributed by atoms with Crippen LogP contribution in [-0.2, 0) is 4.74 Å². The smallest absolute Gasteiger partial charge is 0.0832 e. The number of nitrogens with one attached hydrogen (secondary N) is 1. The first-order chi connectivity index (χ1) is 7.20. The fraction of sp³-hybridized carbons (Fsp3) is 0.846. The van der Waals surface area contributed by atoms with E-state index >= 15 is 0 Å². The Kier molecular flexibility index (Phi) is 7.71. The molecule has 0 aliphatic heterocycles. The van der Waals surface area contributed by atoms with Crippen LogP contribution in [-0.4, -0.2) is 24.8 Å². The maximum Gasteiger partial charge on any atom is 0.0832 e. The molecule has 0 amide bonds. The normalized spacial score (nSPS) is 13.9. The van der Waals surface area contributed by atoms with Crippen LogP contribution in [0.1, 0.15) is 47.0 Å². The summed E-state index contributed by atoms with van der Waals surface area (Å²) in [7, 11) is 0. The molecule has 0 aliphatic carbocycles. The second kappa shape index (κ2) is 7.89. The van der Waals surface area contributed by atoms with Crippen LogP contribution in [0.4, 0.5) is 0 Å². The molecule has 0 aromatic heterocycles. The lowest BCUT2D eigenvalue weighted by Gasteiger charge is -2.39. The number of ether oxygens (including phenoxy) is 1. The van der Waals surface area contributed by atoms with Crippen LogP contribution in [0.5, 0.6) is 0 Å². The third-order valence-corrected chi connectivity index (χ3v) is 3.12. The van der Waals surface area contributed by atoms with E-state index in [1.807, 2.05) is 6.08 Å². The highest BCUT2D eigenvalue weighted by molar-refractivity contribution is 4.95. The van der Waals surface area contributed by atoms with Crippen molar-refractivity contribution < 1.29 is 4.74 Å². The van der Waals surface area contributed by atoms with Gasteiger partial charge < -0.3 is 10.1 Å². The molecule has 90 valence electrons. The molecule has 2 heteroatoms. The molecule has 2 nitrogen and oxygen atoms in total. The van der Waals surface area contributed by atoms with Crippen LogP contribution in [0.3, 0.4) is 0 Å². The number of likely N-dealkylation sites (N-methyl/N-ethyl adjacent to an activating group) is 1. The summed E-state index contributed by atoms with van der Waals surface area (Å²) in [6.07, 6.45) is 5.04. The van der Waals surface area contributed by atoms with Crippen LogP contribution < -0.4 is 5.32 Å². The lowest BCUT2D eigenvalue weighted by atomic mass is 9.86. The van der Waals surface area contributed by atoms with Gasteiger partial charge in [-0.05, 0) is 32.7 Å². The van der Waals surface area contributed by atoms with Crippen molar-refractivity contribution in [2.75, 3.05) is 13.2 Å². The monoisotopic (exact) mass is 213 g/mol. The van der Waals surface area contributed by atoms with Crippen molar-refractivity contribution in [1.29, 1.82) is 0 Å². The maximum absolute atomic E-state index is 5.98. The molecule has 0 saturated heterocycles. The Bertz CT molecular complexity index is 164. The van der Waals surface area contributed by atoms with Crippen molar-refractivity contribution in [3.05, 3.63) is 12.7 Å². The van der Waals surface area contributed by atoms with Crippen LogP contribution in [0, 0.1) is 0 Å². The van der Waals surface area contributed by atoms with Gasteiger partial charge in [0.15, 0.2) is 0 Å². The summed E-state index contributed by atoms with van der Waals surface area (Å²) in [5, 5.41) is 3.51. The Morgan fingerprint density at radius 2 is 1.87 bits per heavy atom. The van der Waals surface area contributed by atoms with Crippen molar-refractivity contribution in [2.24, 2.45) is 0 Å². The maximum atomic E-state index is 5.98. The number of hydrogen-bond acceptors (Lipinski definition) is 2. The van der Waals surface area contributed by atoms with Gasteiger partial charge in [0, 0.05) is 12.6 Å². The molecule has 0 aromatic carbocycles. The summed E-state index contributed by atoms with van der Waals surface area (Å²) in [5.74, 6) is 0. The second-order valence-electron chi connectivity index (χ2n) is 3.84. The van der Waals surface area contributed by atoms with E-state index in [-0.39, 0.29) is 5.60 Å². The first-order valence-electron chi connectivity index (χ1n) is 6.18. The zero-order chi connectivity index (χ0) is 11.7. The zero-order valence-corrected chi connectivity index (χ0v) is 10.8. The van der Waals surface area contributed by atoms with Crippen LogP contribution >= 0.6 is 0 Å². The molecule has 0 aromatic rings. The average Bonchev–Trinajstić information content (AvgIpc) is 2.26. The van der Waals surface area contributed by atoms with Crippen molar-refractivity contribution in [1.82, 2.24) is 5.32 Å². The number of hydrogen-bond donors (Lipinski definition) is 1. The summed E-state index contributed by atoms with van der Waals surface area (Å²) in [4.78, 5) is 0. The van der Waals surface area contributed by atoms with E-state index in [1.54, 1.807) is 0 Å². The predicted molar refractivity (Wildman–Crippen MR) is 67.2 cm³/mol. The van der Waals surface area contributed by atoms with Crippen LogP contribution in [0.2, 0.25) is 0 Å². The Balaban J connectivity index is 4.69. The quantitative estimate of drug-likeness (QED) is 0.594. The van der Waals surface area contributed by atoms with Crippen molar-refractivity contribution in [3.63, 3.8) is 0 Å². The molecule has 1 atom stereocenters. The molecule has 15 heavy (non-hydrogen) atoms. The summed E-state index contributed by atoms with van der Waals surface area (Å²) >= 11 is 0. The highest BCUT2D eigenvalue weighted by Gasteiger charge is 2.34. The molecule has 0 spiro atoms. The van der Waals surface area contributed by atoms with Gasteiger partial charge in [-0.3, -0.25) is 0 Å².